The van der Waals surface area contributed by atoms with Gasteiger partial charge in [-0.05, 0) is 5.92 Å². The van der Waals surface area contributed by atoms with Gasteiger partial charge in [-0.2, -0.15) is 13.2 Å². The van der Waals surface area contributed by atoms with Crippen molar-refractivity contribution < 1.29 is 36.3 Å². The number of carbonyl (C=O) groups excluding carboxylic acids is 2. The average Bonchev–Trinajstić information content (AvgIpc) is 2.23. The van der Waals surface area contributed by atoms with E-state index in [-0.39, 0.29) is 6.54 Å². The Kier molecular flexibility index (Phi) is 4.61. The Morgan fingerprint density at radius 2 is 1.95 bits per heavy atom. The van der Waals surface area contributed by atoms with Crippen molar-refractivity contribution in [3.8, 4) is 0 Å². The molecule has 1 rings (SSSR count). The largest absolute Gasteiger partial charge is 0.491 e. The number of hydrogen-bond donors (Lipinski definition) is 1. The van der Waals surface area contributed by atoms with Crippen LogP contribution in [-0.2, 0) is 14.3 Å². The topological polar surface area (TPSA) is 55.4 Å². The monoisotopic (exact) mass is 287 g/mol. The van der Waals surface area contributed by atoms with Crippen LogP contribution >= 0.6 is 0 Å². The van der Waals surface area contributed by atoms with E-state index in [2.05, 4.69) is 10.1 Å². The number of esters is 2. The van der Waals surface area contributed by atoms with Crippen LogP contribution in [-0.4, -0.2) is 37.1 Å². The van der Waals surface area contributed by atoms with E-state index in [1.807, 2.05) is 0 Å². The fourth-order valence-corrected chi connectivity index (χ4v) is 1.50. The molecule has 9 heteroatoms. The van der Waals surface area contributed by atoms with E-state index >= 15 is 0 Å². The van der Waals surface area contributed by atoms with Crippen molar-refractivity contribution in [1.82, 2.24) is 5.32 Å². The number of piperidine rings is 1. The van der Waals surface area contributed by atoms with Gasteiger partial charge >= 0.3 is 18.1 Å². The lowest BCUT2D eigenvalue weighted by atomic mass is 9.96. The van der Waals surface area contributed by atoms with Crippen LogP contribution in [0, 0.1) is 5.92 Å². The average molecular weight is 287 g/mol. The molecular formula is C10H10F5NO3. The molecule has 1 aliphatic heterocycles. The van der Waals surface area contributed by atoms with Crippen molar-refractivity contribution in [3.05, 3.63) is 12.2 Å². The minimum atomic E-state index is -5.27. The van der Waals surface area contributed by atoms with Gasteiger partial charge in [0, 0.05) is 19.0 Å². The lowest BCUT2D eigenvalue weighted by Gasteiger charge is -2.27. The molecule has 0 aliphatic carbocycles. The van der Waals surface area contributed by atoms with Crippen LogP contribution in [0.1, 0.15) is 6.42 Å². The summed E-state index contributed by atoms with van der Waals surface area (Å²) < 4.78 is 64.6. The lowest BCUT2D eigenvalue weighted by molar-refractivity contribution is -0.200. The zero-order valence-corrected chi connectivity index (χ0v) is 9.47. The molecule has 1 heterocycles. The molecular weight excluding hydrogens is 277 g/mol. The van der Waals surface area contributed by atoms with Gasteiger partial charge in [0.25, 0.3) is 5.92 Å². The minimum Gasteiger partial charge on any atom is -0.383 e. The normalized spacial score (nSPS) is 23.3. The van der Waals surface area contributed by atoms with Crippen LogP contribution in [0.3, 0.4) is 0 Å². The second-order valence-corrected chi connectivity index (χ2v) is 4.02. The molecule has 0 saturated carbocycles. The molecule has 19 heavy (non-hydrogen) atoms. The zero-order valence-electron chi connectivity index (χ0n) is 9.47. The molecule has 0 bridgehead atoms. The van der Waals surface area contributed by atoms with Crippen LogP contribution in [0.15, 0.2) is 12.2 Å². The van der Waals surface area contributed by atoms with Crippen molar-refractivity contribution in [2.45, 2.75) is 18.5 Å². The highest BCUT2D eigenvalue weighted by Crippen LogP contribution is 2.26. The van der Waals surface area contributed by atoms with E-state index in [1.54, 1.807) is 0 Å². The molecule has 0 aromatic rings. The van der Waals surface area contributed by atoms with E-state index in [4.69, 9.17) is 0 Å². The second kappa shape index (κ2) is 5.64. The van der Waals surface area contributed by atoms with Crippen LogP contribution in [0.4, 0.5) is 22.0 Å². The van der Waals surface area contributed by atoms with Gasteiger partial charge in [-0.25, -0.2) is 18.4 Å². The summed E-state index contributed by atoms with van der Waals surface area (Å²) in [6, 6.07) is 0. The van der Waals surface area contributed by atoms with Gasteiger partial charge in [0.2, 0.25) is 0 Å². The van der Waals surface area contributed by atoms with Crippen molar-refractivity contribution in [2.75, 3.05) is 13.1 Å². The summed E-state index contributed by atoms with van der Waals surface area (Å²) in [5, 5.41) is 2.41. The summed E-state index contributed by atoms with van der Waals surface area (Å²) >= 11 is 0. The van der Waals surface area contributed by atoms with E-state index in [0.717, 1.165) is 6.08 Å². The maximum Gasteiger partial charge on any atom is 0.491 e. The highest BCUT2D eigenvalue weighted by atomic mass is 19.4. The third-order valence-corrected chi connectivity index (χ3v) is 2.28. The first kappa shape index (κ1) is 15.5. The van der Waals surface area contributed by atoms with Gasteiger partial charge in [0.15, 0.2) is 0 Å². The van der Waals surface area contributed by atoms with Gasteiger partial charge in [-0.1, -0.05) is 6.08 Å². The zero-order chi connectivity index (χ0) is 14.7. The Morgan fingerprint density at radius 1 is 1.32 bits per heavy atom. The number of rotatable bonds is 2. The Hall–Kier alpha value is -1.51. The molecule has 108 valence electrons. The minimum absolute atomic E-state index is 0.159. The van der Waals surface area contributed by atoms with Gasteiger partial charge in [0.1, 0.15) is 0 Å². The number of nitrogens with one attached hydrogen (secondary N) is 1. The van der Waals surface area contributed by atoms with E-state index in [9.17, 15) is 31.5 Å². The molecule has 0 radical (unpaired) electrons. The highest BCUT2D eigenvalue weighted by Gasteiger charge is 2.42. The summed E-state index contributed by atoms with van der Waals surface area (Å²) in [5.41, 5.74) is 0. The standard InChI is InChI=1S/C10H10F5NO3/c11-9(12)3-6(4-16-5-9)1-2-7(17)19-8(18)10(13,14)15/h1-2,6,16H,3-5H2/b2-1+. The Bertz CT molecular complexity index is 391. The lowest BCUT2D eigenvalue weighted by Crippen LogP contribution is -2.43. The van der Waals surface area contributed by atoms with Crippen molar-refractivity contribution in [3.63, 3.8) is 0 Å². The summed E-state index contributed by atoms with van der Waals surface area (Å²) in [7, 11) is 0. The first-order valence-electron chi connectivity index (χ1n) is 5.20. The van der Waals surface area contributed by atoms with Gasteiger partial charge < -0.3 is 10.1 Å². The van der Waals surface area contributed by atoms with E-state index in [1.165, 1.54) is 0 Å². The summed E-state index contributed by atoms with van der Waals surface area (Å²) in [6.45, 7) is -0.332. The maximum absolute atomic E-state index is 12.9. The molecule has 1 saturated heterocycles. The van der Waals surface area contributed by atoms with Crippen LogP contribution in [0.25, 0.3) is 0 Å². The van der Waals surface area contributed by atoms with Crippen molar-refractivity contribution in [2.24, 2.45) is 5.92 Å². The van der Waals surface area contributed by atoms with Crippen molar-refractivity contribution in [1.29, 1.82) is 0 Å². The third-order valence-electron chi connectivity index (χ3n) is 2.28. The quantitative estimate of drug-likeness (QED) is 0.361. The molecule has 4 nitrogen and oxygen atoms in total. The molecule has 0 amide bonds. The summed E-state index contributed by atoms with van der Waals surface area (Å²) in [4.78, 5) is 21.2. The molecule has 0 aromatic carbocycles. The molecule has 1 N–H and O–H groups in total. The van der Waals surface area contributed by atoms with E-state index in [0.29, 0.717) is 6.08 Å². The number of ether oxygens (including phenoxy) is 1. The number of halogens is 5. The summed E-state index contributed by atoms with van der Waals surface area (Å²) in [5.74, 6) is -7.86. The van der Waals surface area contributed by atoms with E-state index < -0.39 is 42.9 Å². The smallest absolute Gasteiger partial charge is 0.383 e. The molecule has 0 aromatic heterocycles. The highest BCUT2D eigenvalue weighted by molar-refractivity contribution is 5.93. The molecule has 0 spiro atoms. The van der Waals surface area contributed by atoms with Crippen LogP contribution in [0.5, 0.6) is 0 Å². The Morgan fingerprint density at radius 3 is 2.47 bits per heavy atom. The first-order chi connectivity index (χ1) is 8.60. The number of hydrogen-bond acceptors (Lipinski definition) is 4. The molecule has 1 aliphatic rings. The van der Waals surface area contributed by atoms with Gasteiger partial charge in [0.05, 0.1) is 6.54 Å². The first-order valence-corrected chi connectivity index (χ1v) is 5.20. The molecule has 1 fully saturated rings. The fraction of sp³-hybridized carbons (Fsp3) is 0.600. The second-order valence-electron chi connectivity index (χ2n) is 4.02. The van der Waals surface area contributed by atoms with Gasteiger partial charge in [-0.15, -0.1) is 0 Å². The maximum atomic E-state index is 12.9. The Balaban J connectivity index is 2.48. The molecule has 1 atom stereocenters. The number of alkyl halides is 5. The molecule has 1 unspecified atom stereocenters. The SMILES string of the molecule is O=C(/C=C/C1CNCC(F)(F)C1)OC(=O)C(F)(F)F. The van der Waals surface area contributed by atoms with Gasteiger partial charge in [-0.3, -0.25) is 0 Å². The summed E-state index contributed by atoms with van der Waals surface area (Å²) in [6.07, 6.45) is -4.27. The third kappa shape index (κ3) is 5.33. The van der Waals surface area contributed by atoms with Crippen molar-refractivity contribution >= 4 is 11.9 Å². The Labute approximate surface area is 104 Å². The predicted octanol–water partition coefficient (Wildman–Crippen LogP) is 1.42. The fourth-order valence-electron chi connectivity index (χ4n) is 1.50. The van der Waals surface area contributed by atoms with Crippen LogP contribution in [0.2, 0.25) is 0 Å². The number of carbonyl (C=O) groups is 2. The van der Waals surface area contributed by atoms with Crippen LogP contribution < -0.4 is 5.32 Å². The predicted molar refractivity (Wildman–Crippen MR) is 52.2 cm³/mol.